The Labute approximate surface area is 80.8 Å². The molecule has 0 bridgehead atoms. The normalized spacial score (nSPS) is 0.800. The monoisotopic (exact) mass is 221 g/mol. The third-order valence-corrected chi connectivity index (χ3v) is 0. The van der Waals surface area contributed by atoms with Crippen LogP contribution in [0.3, 0.4) is 0 Å². The Kier molecular flexibility index (Phi) is 2310. The molecule has 0 aromatic rings. The molecule has 0 saturated heterocycles. The molecule has 0 saturated carbocycles. The average molecular weight is 222 g/mol. The van der Waals surface area contributed by atoms with Crippen LogP contribution in [-0.4, -0.2) is 0 Å². The Morgan fingerprint density at radius 1 is 0.500 bits per heavy atom. The molecule has 0 rings (SSSR count). The van der Waals surface area contributed by atoms with Crippen LogP contribution < -0.4 is 0 Å². The summed E-state index contributed by atoms with van der Waals surface area (Å²) in [5, 5.41) is 25.0. The first-order valence-corrected chi connectivity index (χ1v) is 0.894. The van der Waals surface area contributed by atoms with Crippen LogP contribution in [-0.2, 0) is 33.3 Å². The molecule has 6 heteroatoms. The molecule has 0 heterocycles. The van der Waals surface area contributed by atoms with E-state index in [2.05, 4.69) is 0 Å². The van der Waals surface area contributed by atoms with Crippen molar-refractivity contribution in [2.45, 2.75) is 0 Å². The van der Waals surface area contributed by atoms with E-state index in [0.717, 1.165) is 0 Å². The summed E-state index contributed by atoms with van der Waals surface area (Å²) in [5.41, 5.74) is 0. The minimum Gasteiger partial charge on any atom is -0.512 e. The van der Waals surface area contributed by atoms with Crippen LogP contribution >= 0.6 is 0 Å². The zero-order valence-corrected chi connectivity index (χ0v) is 6.47. The zero-order valence-electron chi connectivity index (χ0n) is 4.44. The molecule has 4 nitrogen and oxygen atoms in total. The van der Waals surface area contributed by atoms with Gasteiger partial charge < -0.3 is 47.3 Å². The maximum Gasteiger partial charge on any atom is 0 e. The Hall–Kier alpha value is -1.04. The van der Waals surface area contributed by atoms with Gasteiger partial charge in [-0.05, 0) is 0 Å². The fraction of sp³-hybridized carbons (Fsp3) is 0. The van der Waals surface area contributed by atoms with Gasteiger partial charge >= 0.3 is 0 Å². The fourth-order valence-corrected chi connectivity index (χ4v) is 0. The van der Waals surface area contributed by atoms with Gasteiger partial charge in [0.2, 0.25) is 0 Å². The Morgan fingerprint density at radius 3 is 0.500 bits per heavy atom. The van der Waals surface area contributed by atoms with Gasteiger partial charge in [0.1, 0.15) is 0 Å². The molecule has 0 spiro atoms. The second-order valence-electron chi connectivity index (χ2n) is 0. The summed E-state index contributed by atoms with van der Waals surface area (Å²) >= 11 is 0. The summed E-state index contributed by atoms with van der Waals surface area (Å²) in [7, 11) is 0. The van der Waals surface area contributed by atoms with Gasteiger partial charge in [0.15, 0.2) is 0 Å². The molecule has 0 unspecified atom stereocenters. The van der Waals surface area contributed by atoms with Gasteiger partial charge in [0, 0.05) is 33.3 Å². The Bertz CT molecular complexity index is 60.2. The molecule has 0 aliphatic carbocycles. The summed E-state index contributed by atoms with van der Waals surface area (Å²) in [6.45, 7) is 19.0. The SMILES string of the molecule is [C-]#N.[C-]#N.[C-]#N.[C-]#N.[Co].[Ni]. The van der Waals surface area contributed by atoms with Gasteiger partial charge in [-0.1, -0.05) is 0 Å². The van der Waals surface area contributed by atoms with E-state index in [4.69, 9.17) is 47.3 Å². The predicted octanol–water partition coefficient (Wildman–Crippen LogP) is 0.380. The van der Waals surface area contributed by atoms with Crippen molar-refractivity contribution in [1.82, 2.24) is 0 Å². The van der Waals surface area contributed by atoms with Crippen LogP contribution in [0.5, 0.6) is 0 Å². The maximum absolute atomic E-state index is 6.25. The molecular formula is C4CoN4Ni-4. The topological polar surface area (TPSA) is 95.2 Å². The van der Waals surface area contributed by atoms with Gasteiger partial charge in [-0.25, -0.2) is 0 Å². The van der Waals surface area contributed by atoms with Crippen LogP contribution in [0.15, 0.2) is 0 Å². The summed E-state index contributed by atoms with van der Waals surface area (Å²) < 4.78 is 0. The van der Waals surface area contributed by atoms with Crippen molar-refractivity contribution >= 4 is 0 Å². The molecule has 0 aromatic carbocycles. The third kappa shape index (κ3) is 229. The van der Waals surface area contributed by atoms with E-state index in [0.29, 0.717) is 0 Å². The summed E-state index contributed by atoms with van der Waals surface area (Å²) in [4.78, 5) is 0. The second-order valence-corrected chi connectivity index (χ2v) is 0. The molecule has 0 aromatic heterocycles. The number of hydrogen-bond donors (Lipinski definition) is 0. The number of rotatable bonds is 0. The summed E-state index contributed by atoms with van der Waals surface area (Å²) in [5.74, 6) is 0. The molecule has 0 aliphatic rings. The summed E-state index contributed by atoms with van der Waals surface area (Å²) in [6.07, 6.45) is 0. The van der Waals surface area contributed by atoms with Crippen molar-refractivity contribution < 1.29 is 33.3 Å². The van der Waals surface area contributed by atoms with Gasteiger partial charge in [-0.2, -0.15) is 0 Å². The Morgan fingerprint density at radius 2 is 0.500 bits per heavy atom. The Balaban J connectivity index is -0.00000000500. The standard InChI is InChI=1S/4CN.Co.Ni/c4*1-2;;/q4*-1;;. The van der Waals surface area contributed by atoms with Gasteiger partial charge in [0.05, 0.1) is 0 Å². The molecule has 0 amide bonds. The second kappa shape index (κ2) is 357. The minimum atomic E-state index is 0. The van der Waals surface area contributed by atoms with Crippen LogP contribution in [0.25, 0.3) is 0 Å². The summed E-state index contributed by atoms with van der Waals surface area (Å²) in [6, 6.07) is 0. The van der Waals surface area contributed by atoms with Crippen molar-refractivity contribution in [3.8, 4) is 0 Å². The van der Waals surface area contributed by atoms with Crippen molar-refractivity contribution in [3.63, 3.8) is 0 Å². The molecular weight excluding hydrogens is 222 g/mol. The molecule has 1 radical (unpaired) electrons. The zero-order chi connectivity index (χ0) is 8.00. The third-order valence-electron chi connectivity index (χ3n) is 0. The number of hydrogen-bond acceptors (Lipinski definition) is 4. The van der Waals surface area contributed by atoms with Gasteiger partial charge in [0.25, 0.3) is 0 Å². The van der Waals surface area contributed by atoms with E-state index in [1.165, 1.54) is 0 Å². The largest absolute Gasteiger partial charge is 0.512 e. The van der Waals surface area contributed by atoms with Gasteiger partial charge in [-0.15, -0.1) is 0 Å². The quantitative estimate of drug-likeness (QED) is 0.436. The van der Waals surface area contributed by atoms with E-state index in [9.17, 15) is 0 Å². The first kappa shape index (κ1) is 64.8. The molecule has 59 valence electrons. The van der Waals surface area contributed by atoms with E-state index in [1.807, 2.05) is 0 Å². The molecule has 10 heavy (non-hydrogen) atoms. The smallest absolute Gasteiger partial charge is 0 e. The first-order chi connectivity index (χ1) is 4.00. The van der Waals surface area contributed by atoms with E-state index in [1.54, 1.807) is 0 Å². The van der Waals surface area contributed by atoms with Crippen molar-refractivity contribution in [2.75, 3.05) is 0 Å². The fourth-order valence-electron chi connectivity index (χ4n) is 0. The van der Waals surface area contributed by atoms with Crippen LogP contribution in [0, 0.1) is 47.3 Å². The number of nitrogens with zero attached hydrogens (tertiary/aromatic N) is 4. The van der Waals surface area contributed by atoms with Gasteiger partial charge in [-0.3, -0.25) is 0 Å². The van der Waals surface area contributed by atoms with E-state index >= 15 is 0 Å². The average Bonchev–Trinajstić information content (AvgIpc) is 2.03. The maximum atomic E-state index is 6.25. The van der Waals surface area contributed by atoms with E-state index in [-0.39, 0.29) is 33.3 Å². The van der Waals surface area contributed by atoms with Crippen molar-refractivity contribution in [2.24, 2.45) is 0 Å². The van der Waals surface area contributed by atoms with Crippen LogP contribution in [0.4, 0.5) is 0 Å². The predicted molar refractivity (Wildman–Crippen MR) is 19.9 cm³/mol. The minimum absolute atomic E-state index is 0. The molecule has 0 N–H and O–H groups in total. The van der Waals surface area contributed by atoms with Crippen LogP contribution in [0.1, 0.15) is 0 Å². The van der Waals surface area contributed by atoms with Crippen molar-refractivity contribution in [3.05, 3.63) is 26.3 Å². The van der Waals surface area contributed by atoms with E-state index < -0.39 is 0 Å². The van der Waals surface area contributed by atoms with Crippen LogP contribution in [0.2, 0.25) is 0 Å². The van der Waals surface area contributed by atoms with Crippen molar-refractivity contribution in [1.29, 1.82) is 21.0 Å². The molecule has 0 atom stereocenters. The molecule has 0 aliphatic heterocycles. The molecule has 0 fully saturated rings. The first-order valence-electron chi connectivity index (χ1n) is 0.894.